The molecule has 0 aromatic carbocycles. The van der Waals surface area contributed by atoms with Gasteiger partial charge in [-0.25, -0.2) is 0 Å². The van der Waals surface area contributed by atoms with Crippen LogP contribution in [0.3, 0.4) is 0 Å². The quantitative estimate of drug-likeness (QED) is 0.478. The van der Waals surface area contributed by atoms with Crippen molar-refractivity contribution in [1.29, 1.82) is 0 Å². The lowest BCUT2D eigenvalue weighted by molar-refractivity contribution is 0.651. The van der Waals surface area contributed by atoms with Crippen molar-refractivity contribution in [2.75, 3.05) is 0 Å². The molecule has 1 aliphatic rings. The van der Waals surface area contributed by atoms with Crippen molar-refractivity contribution in [3.05, 3.63) is 24.3 Å². The second-order valence-electron chi connectivity index (χ2n) is 2.85. The van der Waals surface area contributed by atoms with Gasteiger partial charge in [0.2, 0.25) is 0 Å². The predicted molar refractivity (Wildman–Crippen MR) is 46.0 cm³/mol. The lowest BCUT2D eigenvalue weighted by atomic mass is 10.1. The first-order chi connectivity index (χ1) is 5.00. The van der Waals surface area contributed by atoms with Gasteiger partial charge in [0.05, 0.1) is 0 Å². The summed E-state index contributed by atoms with van der Waals surface area (Å²) in [6.45, 7) is 0. The Balaban J connectivity index is 2.26. The van der Waals surface area contributed by atoms with Gasteiger partial charge < -0.3 is 0 Å². The Morgan fingerprint density at radius 3 is 1.60 bits per heavy atom. The summed E-state index contributed by atoms with van der Waals surface area (Å²) in [6, 6.07) is 0. The monoisotopic (exact) mass is 136 g/mol. The molecule has 0 atom stereocenters. The zero-order valence-corrected chi connectivity index (χ0v) is 6.55. The van der Waals surface area contributed by atoms with Crippen molar-refractivity contribution < 1.29 is 0 Å². The van der Waals surface area contributed by atoms with E-state index < -0.39 is 0 Å². The first-order valence-electron chi connectivity index (χ1n) is 4.32. The van der Waals surface area contributed by atoms with Gasteiger partial charge >= 0.3 is 0 Å². The third kappa shape index (κ3) is 3.49. The number of allylic oxidation sites excluding steroid dienone is 4. The lowest BCUT2D eigenvalue weighted by Gasteiger charge is -1.97. The highest BCUT2D eigenvalue weighted by Crippen LogP contribution is 2.07. The third-order valence-electron chi connectivity index (χ3n) is 1.87. The maximum atomic E-state index is 2.27. The molecule has 0 heteroatoms. The minimum absolute atomic E-state index is 1.27. The second-order valence-corrected chi connectivity index (χ2v) is 2.85. The molecule has 0 radical (unpaired) electrons. The van der Waals surface area contributed by atoms with Gasteiger partial charge in [0.15, 0.2) is 0 Å². The average molecular weight is 136 g/mol. The fraction of sp³-hybridized carbons (Fsp3) is 0.600. The highest BCUT2D eigenvalue weighted by Gasteiger charge is 1.88. The van der Waals surface area contributed by atoms with Crippen molar-refractivity contribution in [3.63, 3.8) is 0 Å². The Hall–Kier alpha value is -0.520. The van der Waals surface area contributed by atoms with Gasteiger partial charge in [-0.15, -0.1) is 0 Å². The Kier molecular flexibility index (Phi) is 4.00. The van der Waals surface area contributed by atoms with E-state index in [0.29, 0.717) is 0 Å². The molecule has 0 fully saturated rings. The molecule has 0 saturated carbocycles. The zero-order chi connectivity index (χ0) is 7.07. The molecule has 0 heterocycles. The topological polar surface area (TPSA) is 0 Å². The van der Waals surface area contributed by atoms with Crippen molar-refractivity contribution in [2.24, 2.45) is 0 Å². The van der Waals surface area contributed by atoms with Gasteiger partial charge in [0, 0.05) is 0 Å². The molecule has 0 N–H and O–H groups in total. The molecule has 0 saturated heterocycles. The number of hydrogen-bond acceptors (Lipinski definition) is 0. The maximum Gasteiger partial charge on any atom is -0.0348 e. The fourth-order valence-corrected chi connectivity index (χ4v) is 1.23. The van der Waals surface area contributed by atoms with Crippen molar-refractivity contribution in [1.82, 2.24) is 0 Å². The first kappa shape index (κ1) is 7.59. The van der Waals surface area contributed by atoms with Crippen LogP contribution in [0.4, 0.5) is 0 Å². The molecule has 0 nitrogen and oxygen atoms in total. The summed E-state index contributed by atoms with van der Waals surface area (Å²) < 4.78 is 0. The van der Waals surface area contributed by atoms with E-state index in [2.05, 4.69) is 24.3 Å². The van der Waals surface area contributed by atoms with Gasteiger partial charge in [-0.3, -0.25) is 0 Å². The highest BCUT2D eigenvalue weighted by atomic mass is 13.9. The lowest BCUT2D eigenvalue weighted by Crippen LogP contribution is -1.77. The molecule has 0 amide bonds. The summed E-state index contributed by atoms with van der Waals surface area (Å²) in [4.78, 5) is 0. The van der Waals surface area contributed by atoms with Crippen LogP contribution in [0.2, 0.25) is 0 Å². The molecule has 56 valence electrons. The van der Waals surface area contributed by atoms with E-state index in [4.69, 9.17) is 0 Å². The van der Waals surface area contributed by atoms with Gasteiger partial charge in [-0.05, 0) is 25.7 Å². The number of hydrogen-bond donors (Lipinski definition) is 0. The Bertz CT molecular complexity index is 104. The summed E-state index contributed by atoms with van der Waals surface area (Å²) in [6.07, 6.45) is 17.0. The summed E-state index contributed by atoms with van der Waals surface area (Å²) in [7, 11) is 0. The number of rotatable bonds is 0. The van der Waals surface area contributed by atoms with Crippen LogP contribution >= 0.6 is 0 Å². The van der Waals surface area contributed by atoms with E-state index in [1.807, 2.05) is 0 Å². The van der Waals surface area contributed by atoms with Crippen LogP contribution in [0.25, 0.3) is 0 Å². The van der Waals surface area contributed by atoms with Crippen molar-refractivity contribution >= 4 is 0 Å². The minimum atomic E-state index is 1.27. The Morgan fingerprint density at radius 1 is 0.600 bits per heavy atom. The molecule has 0 unspecified atom stereocenters. The van der Waals surface area contributed by atoms with E-state index in [9.17, 15) is 0 Å². The molecule has 0 spiro atoms. The molecule has 0 bridgehead atoms. The first-order valence-corrected chi connectivity index (χ1v) is 4.32. The van der Waals surface area contributed by atoms with Gasteiger partial charge in [-0.1, -0.05) is 37.1 Å². The Labute approximate surface area is 63.6 Å². The van der Waals surface area contributed by atoms with Crippen molar-refractivity contribution in [3.8, 4) is 0 Å². The molecule has 0 aliphatic heterocycles. The summed E-state index contributed by atoms with van der Waals surface area (Å²) in [5, 5.41) is 0. The molecule has 0 aromatic heterocycles. The van der Waals surface area contributed by atoms with Crippen LogP contribution in [0.5, 0.6) is 0 Å². The van der Waals surface area contributed by atoms with Crippen molar-refractivity contribution in [2.45, 2.75) is 38.5 Å². The molecular formula is C10H16. The van der Waals surface area contributed by atoms with E-state index in [1.54, 1.807) is 0 Å². The Morgan fingerprint density at radius 2 is 1.10 bits per heavy atom. The van der Waals surface area contributed by atoms with E-state index >= 15 is 0 Å². The summed E-state index contributed by atoms with van der Waals surface area (Å²) in [5.41, 5.74) is 0. The molecular weight excluding hydrogens is 120 g/mol. The van der Waals surface area contributed by atoms with Gasteiger partial charge in [0.25, 0.3) is 0 Å². The standard InChI is InChI=1S/C10H16/c1-2-4-6-8-10-9-7-5-3-1/h1-4H,5-10H2. The summed E-state index contributed by atoms with van der Waals surface area (Å²) >= 11 is 0. The maximum absolute atomic E-state index is 2.27. The van der Waals surface area contributed by atoms with Gasteiger partial charge in [-0.2, -0.15) is 0 Å². The smallest absolute Gasteiger partial charge is 0.0348 e. The van der Waals surface area contributed by atoms with E-state index in [0.717, 1.165) is 0 Å². The van der Waals surface area contributed by atoms with Crippen LogP contribution in [0.15, 0.2) is 24.3 Å². The molecule has 10 heavy (non-hydrogen) atoms. The molecule has 1 rings (SSSR count). The predicted octanol–water partition coefficient (Wildman–Crippen LogP) is 3.45. The van der Waals surface area contributed by atoms with Crippen LogP contribution in [0, 0.1) is 0 Å². The highest BCUT2D eigenvalue weighted by molar-refractivity contribution is 5.02. The third-order valence-corrected chi connectivity index (χ3v) is 1.87. The van der Waals surface area contributed by atoms with Gasteiger partial charge in [0.1, 0.15) is 0 Å². The van der Waals surface area contributed by atoms with Crippen LogP contribution in [-0.4, -0.2) is 0 Å². The van der Waals surface area contributed by atoms with E-state index in [-0.39, 0.29) is 0 Å². The largest absolute Gasteiger partial charge is 0.0845 e. The molecule has 0 aromatic rings. The normalized spacial score (nSPS) is 20.8. The van der Waals surface area contributed by atoms with Crippen LogP contribution in [0.1, 0.15) is 38.5 Å². The van der Waals surface area contributed by atoms with E-state index in [1.165, 1.54) is 38.5 Å². The minimum Gasteiger partial charge on any atom is -0.0845 e. The van der Waals surface area contributed by atoms with Crippen LogP contribution in [-0.2, 0) is 0 Å². The average Bonchev–Trinajstić information content (AvgIpc) is 2.01. The zero-order valence-electron chi connectivity index (χ0n) is 6.55. The summed E-state index contributed by atoms with van der Waals surface area (Å²) in [5.74, 6) is 0. The molecule has 1 aliphatic carbocycles. The van der Waals surface area contributed by atoms with Crippen LogP contribution < -0.4 is 0 Å². The SMILES string of the molecule is C1=CCCCCCCC=C1. The fourth-order valence-electron chi connectivity index (χ4n) is 1.23. The second kappa shape index (κ2) is 5.28.